The number of piperidine rings is 2. The molecule has 44 heavy (non-hydrogen) atoms. The van der Waals surface area contributed by atoms with E-state index in [9.17, 15) is 14.4 Å². The minimum absolute atomic E-state index is 0.0289. The van der Waals surface area contributed by atoms with Crippen LogP contribution < -0.4 is 10.6 Å². The number of ether oxygens (including phenoxy) is 1. The summed E-state index contributed by atoms with van der Waals surface area (Å²) in [5.41, 5.74) is 2.86. The van der Waals surface area contributed by atoms with Crippen LogP contribution in [0.5, 0.6) is 0 Å². The second kappa shape index (κ2) is 14.2. The number of piperazine rings is 1. The quantitative estimate of drug-likeness (QED) is 0.449. The van der Waals surface area contributed by atoms with Crippen molar-refractivity contribution in [2.24, 2.45) is 0 Å². The second-order valence-corrected chi connectivity index (χ2v) is 13.8. The minimum atomic E-state index is -0.914. The molecule has 2 aromatic carbocycles. The maximum Gasteiger partial charge on any atom is 0.410 e. The van der Waals surface area contributed by atoms with Gasteiger partial charge in [-0.05, 0) is 100.0 Å². The van der Waals surface area contributed by atoms with Crippen LogP contribution in [0.15, 0.2) is 51.4 Å². The van der Waals surface area contributed by atoms with Gasteiger partial charge in [0.05, 0.1) is 0 Å². The van der Waals surface area contributed by atoms with E-state index in [1.807, 2.05) is 52.3 Å². The predicted molar refractivity (Wildman–Crippen MR) is 175 cm³/mol. The summed E-state index contributed by atoms with van der Waals surface area (Å²) in [6.07, 6.45) is 2.50. The highest BCUT2D eigenvalue weighted by atomic mass is 79.9. The molecule has 3 fully saturated rings. The molecule has 3 saturated heterocycles. The lowest BCUT2D eigenvalue weighted by atomic mass is 10.0. The molecule has 4 aliphatic heterocycles. The largest absolute Gasteiger partial charge is 0.436 e. The van der Waals surface area contributed by atoms with E-state index in [1.165, 1.54) is 0 Å². The number of carbonyl (C=O) groups is 3. The highest BCUT2D eigenvalue weighted by Gasteiger charge is 2.36. The van der Waals surface area contributed by atoms with E-state index < -0.39 is 12.2 Å². The lowest BCUT2D eigenvalue weighted by molar-refractivity contribution is -0.143. The molecule has 0 spiro atoms. The van der Waals surface area contributed by atoms with Gasteiger partial charge >= 0.3 is 12.1 Å². The lowest BCUT2D eigenvalue weighted by Crippen LogP contribution is -2.56. The Morgan fingerprint density at radius 2 is 1.59 bits per heavy atom. The van der Waals surface area contributed by atoms with Crippen molar-refractivity contribution in [1.29, 1.82) is 0 Å². The van der Waals surface area contributed by atoms with E-state index in [1.54, 1.807) is 4.90 Å². The minimum Gasteiger partial charge on any atom is -0.436 e. The number of urea groups is 1. The zero-order valence-corrected chi connectivity index (χ0v) is 28.0. The lowest BCUT2D eigenvalue weighted by Gasteiger charge is -2.42. The number of hydrogen-bond acceptors (Lipinski definition) is 6. The molecule has 12 heteroatoms. The van der Waals surface area contributed by atoms with Crippen LogP contribution in [0.1, 0.15) is 36.8 Å². The zero-order chi connectivity index (χ0) is 30.6. The fraction of sp³-hybridized carbons (Fsp3) is 0.531. The molecule has 0 unspecified atom stereocenters. The predicted octanol–water partition coefficient (Wildman–Crippen LogP) is 4.67. The van der Waals surface area contributed by atoms with Crippen LogP contribution in [0, 0.1) is 0 Å². The first-order chi connectivity index (χ1) is 21.4. The molecule has 0 aromatic heterocycles. The summed E-state index contributed by atoms with van der Waals surface area (Å²) in [5.74, 6) is -0.138. The van der Waals surface area contributed by atoms with Gasteiger partial charge in [0, 0.05) is 79.0 Å². The third kappa shape index (κ3) is 7.24. The Bertz CT molecular complexity index is 1360. The summed E-state index contributed by atoms with van der Waals surface area (Å²) in [6.45, 7) is 6.51. The summed E-state index contributed by atoms with van der Waals surface area (Å²) < 4.78 is 7.83. The van der Waals surface area contributed by atoms with E-state index >= 15 is 0 Å². The Hall–Kier alpha value is -2.67. The number of nitrogens with one attached hydrogen (secondary N) is 2. The Labute approximate surface area is 275 Å². The number of para-hydroxylation sites is 1. The normalized spacial score (nSPS) is 21.0. The van der Waals surface area contributed by atoms with E-state index in [0.29, 0.717) is 58.0 Å². The highest BCUT2D eigenvalue weighted by Crippen LogP contribution is 2.29. The third-order valence-corrected chi connectivity index (χ3v) is 11.3. The zero-order valence-electron chi connectivity index (χ0n) is 24.9. The number of nitrogens with zero attached hydrogens (tertiary/aromatic N) is 4. The fourth-order valence-electron chi connectivity index (χ4n) is 6.82. The monoisotopic (exact) mass is 730 g/mol. The molecule has 4 heterocycles. The number of amides is 4. The van der Waals surface area contributed by atoms with E-state index in [4.69, 9.17) is 4.74 Å². The Kier molecular flexibility index (Phi) is 10.1. The van der Waals surface area contributed by atoms with E-state index in [2.05, 4.69) is 47.4 Å². The van der Waals surface area contributed by atoms with Gasteiger partial charge in [0.15, 0.2) is 6.10 Å². The van der Waals surface area contributed by atoms with Gasteiger partial charge in [-0.25, -0.2) is 9.59 Å². The summed E-state index contributed by atoms with van der Waals surface area (Å²) in [7, 11) is 0. The topological polar surface area (TPSA) is 97.5 Å². The van der Waals surface area contributed by atoms with Crippen LogP contribution in [-0.4, -0.2) is 108 Å². The number of benzene rings is 2. The van der Waals surface area contributed by atoms with Crippen LogP contribution >= 0.6 is 31.9 Å². The maximum absolute atomic E-state index is 13.9. The van der Waals surface area contributed by atoms with Gasteiger partial charge in [-0.1, -0.05) is 24.3 Å². The number of rotatable bonds is 6. The van der Waals surface area contributed by atoms with E-state index in [0.717, 1.165) is 64.8 Å². The number of hydrogen-bond donors (Lipinski definition) is 2. The first-order valence-electron chi connectivity index (χ1n) is 15.6. The molecule has 2 N–H and O–H groups in total. The first-order valence-corrected chi connectivity index (χ1v) is 17.2. The summed E-state index contributed by atoms with van der Waals surface area (Å²) >= 11 is 7.07. The molecular formula is C32H40Br2N6O4. The SMILES string of the molecule is O=C(O[C@H](Cc1ccc(Br)c(Br)c1)C(=O)N1CCN(C2CCNCC2)CC1)N1CCC(N2Cc3ccccc3NC2=O)CC1. The molecule has 0 saturated carbocycles. The molecule has 10 nitrogen and oxygen atoms in total. The van der Waals surface area contributed by atoms with Crippen LogP contribution in [0.2, 0.25) is 0 Å². The summed E-state index contributed by atoms with van der Waals surface area (Å²) in [6, 6.07) is 14.2. The van der Waals surface area contributed by atoms with Gasteiger partial charge in [0.25, 0.3) is 5.91 Å². The molecule has 2 aromatic rings. The van der Waals surface area contributed by atoms with Crippen molar-refractivity contribution in [1.82, 2.24) is 24.9 Å². The van der Waals surface area contributed by atoms with Crippen molar-refractivity contribution in [2.75, 3.05) is 57.7 Å². The number of likely N-dealkylation sites (tertiary alicyclic amines) is 1. The van der Waals surface area contributed by atoms with Crippen molar-refractivity contribution in [3.8, 4) is 0 Å². The van der Waals surface area contributed by atoms with Gasteiger partial charge in [-0.15, -0.1) is 0 Å². The molecule has 1 atom stereocenters. The van der Waals surface area contributed by atoms with Gasteiger partial charge < -0.3 is 30.1 Å². The van der Waals surface area contributed by atoms with Crippen LogP contribution in [0.4, 0.5) is 15.3 Å². The van der Waals surface area contributed by atoms with E-state index in [-0.39, 0.29) is 18.0 Å². The number of anilines is 1. The van der Waals surface area contributed by atoms with Gasteiger partial charge in [0.2, 0.25) is 0 Å². The Morgan fingerprint density at radius 1 is 0.864 bits per heavy atom. The van der Waals surface area contributed by atoms with Crippen molar-refractivity contribution in [3.63, 3.8) is 0 Å². The standard InChI is InChI=1S/C32H40Br2N6O4/c33-26-6-5-22(19-27(26)34)20-29(30(41)38-17-15-37(16-18-38)24-7-11-35-12-8-24)44-32(43)39-13-9-25(10-14-39)40-21-23-3-1-2-4-28(23)36-31(40)42/h1-6,19,24-25,29,35H,7-18,20-21H2,(H,36,42)/t29-/m1/s1. The van der Waals surface area contributed by atoms with Crippen LogP contribution in [-0.2, 0) is 22.5 Å². The molecule has 6 rings (SSSR count). The van der Waals surface area contributed by atoms with Crippen molar-refractivity contribution in [3.05, 3.63) is 62.5 Å². The number of fused-ring (bicyclic) bond motifs is 1. The molecule has 4 aliphatic rings. The molecule has 236 valence electrons. The summed E-state index contributed by atoms with van der Waals surface area (Å²) in [4.78, 5) is 48.1. The summed E-state index contributed by atoms with van der Waals surface area (Å²) in [5, 5.41) is 6.42. The fourth-order valence-corrected chi connectivity index (χ4v) is 7.49. The average Bonchev–Trinajstić information content (AvgIpc) is 3.06. The molecule has 0 aliphatic carbocycles. The average molecular weight is 733 g/mol. The van der Waals surface area contributed by atoms with Gasteiger partial charge in [-0.2, -0.15) is 0 Å². The van der Waals surface area contributed by atoms with Crippen molar-refractivity contribution < 1.29 is 19.1 Å². The highest BCUT2D eigenvalue weighted by molar-refractivity contribution is 9.13. The van der Waals surface area contributed by atoms with Gasteiger partial charge in [-0.3, -0.25) is 9.69 Å². The van der Waals surface area contributed by atoms with Crippen molar-refractivity contribution >= 4 is 55.6 Å². The maximum atomic E-state index is 13.9. The molecule has 4 amide bonds. The number of halogens is 2. The number of carbonyl (C=O) groups excluding carboxylic acids is 3. The van der Waals surface area contributed by atoms with Gasteiger partial charge in [0.1, 0.15) is 0 Å². The van der Waals surface area contributed by atoms with Crippen LogP contribution in [0.25, 0.3) is 0 Å². The molecule has 0 bridgehead atoms. The Morgan fingerprint density at radius 3 is 2.32 bits per heavy atom. The van der Waals surface area contributed by atoms with Crippen molar-refractivity contribution in [2.45, 2.75) is 56.8 Å². The van der Waals surface area contributed by atoms with Crippen LogP contribution in [0.3, 0.4) is 0 Å². The molecule has 0 radical (unpaired) electrons. The smallest absolute Gasteiger partial charge is 0.410 e. The first kappa shape index (κ1) is 31.3. The Balaban J connectivity index is 1.08. The third-order valence-electron chi connectivity index (χ3n) is 9.40. The molecular weight excluding hydrogens is 692 g/mol. The second-order valence-electron chi connectivity index (χ2n) is 12.1.